The van der Waals surface area contributed by atoms with Crippen LogP contribution in [0.15, 0.2) is 35.4 Å². The van der Waals surface area contributed by atoms with Crippen molar-refractivity contribution in [2.45, 2.75) is 51.6 Å². The Morgan fingerprint density at radius 1 is 1.17 bits per heavy atom. The van der Waals surface area contributed by atoms with E-state index in [0.717, 1.165) is 42.8 Å². The zero-order valence-electron chi connectivity index (χ0n) is 19.8. The number of hydrogen-bond donors (Lipinski definition) is 2. The summed E-state index contributed by atoms with van der Waals surface area (Å²) in [7, 11) is 0. The number of hydrogen-bond acceptors (Lipinski definition) is 7. The van der Waals surface area contributed by atoms with Crippen LogP contribution in [0.4, 0.5) is 5.13 Å². The van der Waals surface area contributed by atoms with Crippen LogP contribution in [0.3, 0.4) is 0 Å². The molecule has 1 atom stereocenters. The molecular formula is C25H30N6O3S. The number of anilines is 1. The van der Waals surface area contributed by atoms with E-state index >= 15 is 0 Å². The predicted molar refractivity (Wildman–Crippen MR) is 136 cm³/mol. The van der Waals surface area contributed by atoms with Gasteiger partial charge in [0, 0.05) is 25.6 Å². The Balaban J connectivity index is 1.24. The van der Waals surface area contributed by atoms with Crippen molar-refractivity contribution in [2.75, 3.05) is 24.5 Å². The Morgan fingerprint density at radius 3 is 2.77 bits per heavy atom. The fourth-order valence-electron chi connectivity index (χ4n) is 4.91. The Labute approximate surface area is 207 Å². The number of aromatic nitrogens is 3. The predicted octanol–water partition coefficient (Wildman–Crippen LogP) is 2.40. The van der Waals surface area contributed by atoms with E-state index in [1.807, 2.05) is 25.1 Å². The number of rotatable bonds is 7. The lowest BCUT2D eigenvalue weighted by Gasteiger charge is -2.30. The molecule has 1 aromatic carbocycles. The van der Waals surface area contributed by atoms with Crippen molar-refractivity contribution in [3.05, 3.63) is 52.1 Å². The standard InChI is InChI=1S/C25H30N6O3S/c1-2-11-26-23(33)17-9-12-30(13-10-17)25-29-22-21(35-25)24(34)31(15-27-22)14-20(32)28-19-8-7-16-5-3-4-6-18(16)19/h3-6,15,17,19H,2,7-14H2,1H3,(H,26,33)(H,28,32)/t19-/m1/s1. The number of fused-ring (bicyclic) bond motifs is 2. The van der Waals surface area contributed by atoms with Gasteiger partial charge in [0.2, 0.25) is 11.8 Å². The second kappa shape index (κ2) is 10.2. The highest BCUT2D eigenvalue weighted by Gasteiger charge is 2.27. The van der Waals surface area contributed by atoms with Gasteiger partial charge in [-0.25, -0.2) is 4.98 Å². The average Bonchev–Trinajstić information content (AvgIpc) is 3.49. The van der Waals surface area contributed by atoms with Gasteiger partial charge in [-0.1, -0.05) is 42.5 Å². The van der Waals surface area contributed by atoms with Crippen LogP contribution < -0.4 is 21.1 Å². The summed E-state index contributed by atoms with van der Waals surface area (Å²) in [5.74, 6) is -0.0595. The molecule has 9 nitrogen and oxygen atoms in total. The van der Waals surface area contributed by atoms with E-state index < -0.39 is 0 Å². The third-order valence-corrected chi connectivity index (χ3v) is 7.93. The zero-order valence-corrected chi connectivity index (χ0v) is 20.6. The van der Waals surface area contributed by atoms with E-state index in [-0.39, 0.29) is 35.9 Å². The molecule has 10 heteroatoms. The van der Waals surface area contributed by atoms with Gasteiger partial charge in [-0.3, -0.25) is 19.0 Å². The lowest BCUT2D eigenvalue weighted by molar-refractivity contribution is -0.125. The normalized spacial score (nSPS) is 18.0. The molecule has 1 fully saturated rings. The molecule has 5 rings (SSSR count). The minimum absolute atomic E-state index is 0.0203. The van der Waals surface area contributed by atoms with Gasteiger partial charge in [0.25, 0.3) is 5.56 Å². The lowest BCUT2D eigenvalue weighted by atomic mass is 9.96. The van der Waals surface area contributed by atoms with E-state index in [2.05, 4.69) is 31.6 Å². The summed E-state index contributed by atoms with van der Waals surface area (Å²) >= 11 is 1.31. The molecule has 2 aliphatic rings. The summed E-state index contributed by atoms with van der Waals surface area (Å²) < 4.78 is 1.80. The van der Waals surface area contributed by atoms with Crippen LogP contribution in [-0.2, 0) is 22.6 Å². The van der Waals surface area contributed by atoms with Gasteiger partial charge in [0.15, 0.2) is 10.8 Å². The second-order valence-corrected chi connectivity index (χ2v) is 10.2. The molecule has 2 aromatic heterocycles. The number of carbonyl (C=O) groups excluding carboxylic acids is 2. The monoisotopic (exact) mass is 494 g/mol. The van der Waals surface area contributed by atoms with Crippen LogP contribution in [0, 0.1) is 5.92 Å². The van der Waals surface area contributed by atoms with Crippen molar-refractivity contribution in [3.8, 4) is 0 Å². The van der Waals surface area contributed by atoms with Crippen LogP contribution in [-0.4, -0.2) is 46.0 Å². The number of nitrogens with zero attached hydrogens (tertiary/aromatic N) is 4. The molecule has 3 aromatic rings. The smallest absolute Gasteiger partial charge is 0.273 e. The van der Waals surface area contributed by atoms with E-state index in [9.17, 15) is 14.4 Å². The lowest BCUT2D eigenvalue weighted by Crippen LogP contribution is -2.40. The first-order chi connectivity index (χ1) is 17.0. The van der Waals surface area contributed by atoms with Gasteiger partial charge in [-0.2, -0.15) is 4.98 Å². The Kier molecular flexibility index (Phi) is 6.81. The van der Waals surface area contributed by atoms with Crippen LogP contribution in [0.5, 0.6) is 0 Å². The van der Waals surface area contributed by atoms with Crippen LogP contribution in [0.1, 0.15) is 49.8 Å². The van der Waals surface area contributed by atoms with E-state index in [1.165, 1.54) is 27.8 Å². The Morgan fingerprint density at radius 2 is 1.97 bits per heavy atom. The fourth-order valence-corrected chi connectivity index (χ4v) is 5.93. The molecule has 3 heterocycles. The summed E-state index contributed by atoms with van der Waals surface area (Å²) in [6, 6.07) is 8.12. The van der Waals surface area contributed by atoms with Crippen LogP contribution >= 0.6 is 11.3 Å². The highest BCUT2D eigenvalue weighted by atomic mass is 32.1. The molecule has 1 aliphatic carbocycles. The number of nitrogens with one attached hydrogen (secondary N) is 2. The van der Waals surface area contributed by atoms with E-state index in [1.54, 1.807) is 0 Å². The van der Waals surface area contributed by atoms with Gasteiger partial charge in [0.05, 0.1) is 6.04 Å². The largest absolute Gasteiger partial charge is 0.356 e. The maximum absolute atomic E-state index is 13.1. The molecule has 1 saturated heterocycles. The number of carbonyl (C=O) groups is 2. The summed E-state index contributed by atoms with van der Waals surface area (Å²) in [4.78, 5) is 49.1. The Bertz CT molecular complexity index is 1290. The van der Waals surface area contributed by atoms with E-state index in [0.29, 0.717) is 30.0 Å². The number of thiazole rings is 1. The molecule has 0 saturated carbocycles. The maximum atomic E-state index is 13.1. The van der Waals surface area contributed by atoms with Crippen molar-refractivity contribution in [1.29, 1.82) is 0 Å². The minimum Gasteiger partial charge on any atom is -0.356 e. The minimum atomic E-state index is -0.255. The zero-order chi connectivity index (χ0) is 24.4. The highest BCUT2D eigenvalue weighted by molar-refractivity contribution is 7.22. The Hall–Kier alpha value is -3.27. The molecule has 0 radical (unpaired) electrons. The van der Waals surface area contributed by atoms with Crippen molar-refractivity contribution in [3.63, 3.8) is 0 Å². The van der Waals surface area contributed by atoms with Gasteiger partial charge >= 0.3 is 0 Å². The van der Waals surface area contributed by atoms with Gasteiger partial charge in [-0.05, 0) is 43.2 Å². The molecule has 0 unspecified atom stereocenters. The highest BCUT2D eigenvalue weighted by Crippen LogP contribution is 2.31. The molecular weight excluding hydrogens is 464 g/mol. The molecule has 35 heavy (non-hydrogen) atoms. The first kappa shape index (κ1) is 23.5. The first-order valence-corrected chi connectivity index (χ1v) is 13.1. The number of amides is 2. The van der Waals surface area contributed by atoms with Crippen LogP contribution in [0.2, 0.25) is 0 Å². The second-order valence-electron chi connectivity index (χ2n) is 9.24. The third-order valence-electron chi connectivity index (χ3n) is 6.84. The van der Waals surface area contributed by atoms with Gasteiger partial charge < -0.3 is 15.5 Å². The summed E-state index contributed by atoms with van der Waals surface area (Å²) in [6.07, 6.45) is 5.66. The van der Waals surface area contributed by atoms with Crippen molar-refractivity contribution >= 4 is 38.6 Å². The quantitative estimate of drug-likeness (QED) is 0.522. The molecule has 0 bridgehead atoms. The van der Waals surface area contributed by atoms with Crippen LogP contribution in [0.25, 0.3) is 10.3 Å². The van der Waals surface area contributed by atoms with Gasteiger partial charge in [0.1, 0.15) is 17.6 Å². The van der Waals surface area contributed by atoms with E-state index in [4.69, 9.17) is 0 Å². The van der Waals surface area contributed by atoms with Crippen molar-refractivity contribution in [2.24, 2.45) is 5.92 Å². The molecule has 0 spiro atoms. The molecule has 2 N–H and O–H groups in total. The topological polar surface area (TPSA) is 109 Å². The average molecular weight is 495 g/mol. The van der Waals surface area contributed by atoms with Crippen molar-refractivity contribution < 1.29 is 9.59 Å². The maximum Gasteiger partial charge on any atom is 0.273 e. The molecule has 1 aliphatic heterocycles. The number of benzene rings is 1. The number of piperidine rings is 1. The first-order valence-electron chi connectivity index (χ1n) is 12.3. The summed E-state index contributed by atoms with van der Waals surface area (Å²) in [5, 5.41) is 6.78. The SMILES string of the molecule is CCCNC(=O)C1CCN(c2nc3ncn(CC(=O)N[C@@H]4CCc5ccccc54)c(=O)c3s2)CC1. The fraction of sp³-hybridized carbons (Fsp3) is 0.480. The summed E-state index contributed by atoms with van der Waals surface area (Å²) in [6.45, 7) is 4.10. The number of aryl methyl sites for hydroxylation is 1. The van der Waals surface area contributed by atoms with Gasteiger partial charge in [-0.15, -0.1) is 0 Å². The molecule has 2 amide bonds. The van der Waals surface area contributed by atoms with Crippen molar-refractivity contribution in [1.82, 2.24) is 25.2 Å². The molecule has 184 valence electrons. The summed E-state index contributed by atoms with van der Waals surface area (Å²) in [5.41, 5.74) is 2.56. The third kappa shape index (κ3) is 4.93.